The van der Waals surface area contributed by atoms with Crippen molar-refractivity contribution in [3.63, 3.8) is 0 Å². The predicted octanol–water partition coefficient (Wildman–Crippen LogP) is 0.319. The first-order valence-electron chi connectivity index (χ1n) is 5.09. The van der Waals surface area contributed by atoms with Gasteiger partial charge in [0.05, 0.1) is 0 Å². The third-order valence-electron chi connectivity index (χ3n) is 2.42. The quantitative estimate of drug-likeness (QED) is 0.753. The van der Waals surface area contributed by atoms with Gasteiger partial charge in [0.25, 0.3) is 0 Å². The molecule has 0 aliphatic rings. The van der Waals surface area contributed by atoms with Crippen molar-refractivity contribution in [3.8, 4) is 0 Å². The molecule has 5 nitrogen and oxygen atoms in total. The molecule has 1 heterocycles. The zero-order valence-electron chi connectivity index (χ0n) is 9.39. The highest BCUT2D eigenvalue weighted by molar-refractivity contribution is 5.75. The molecule has 1 aromatic heterocycles. The Hall–Kier alpha value is -1.52. The van der Waals surface area contributed by atoms with E-state index in [1.54, 1.807) is 4.57 Å². The van der Waals surface area contributed by atoms with Gasteiger partial charge in [-0.05, 0) is 20.8 Å². The first-order chi connectivity index (χ1) is 7.06. The normalized spacial score (nSPS) is 10.3. The maximum Gasteiger partial charge on any atom is 0.325 e. The summed E-state index contributed by atoms with van der Waals surface area (Å²) in [5.74, 6) is -0.0253. The number of rotatable bonds is 4. The second-order valence-electron chi connectivity index (χ2n) is 3.50. The molecule has 15 heavy (non-hydrogen) atoms. The molecular weight excluding hydrogens is 194 g/mol. The molecule has 0 aliphatic heterocycles. The summed E-state index contributed by atoms with van der Waals surface area (Å²) in [6.45, 7) is 6.64. The van der Waals surface area contributed by atoms with Gasteiger partial charge in [0.15, 0.2) is 0 Å². The third kappa shape index (κ3) is 2.71. The Morgan fingerprint density at radius 1 is 1.47 bits per heavy atom. The van der Waals surface area contributed by atoms with Crippen LogP contribution in [0.2, 0.25) is 0 Å². The fraction of sp³-hybridized carbons (Fsp3) is 0.600. The van der Waals surface area contributed by atoms with E-state index in [0.717, 1.165) is 11.4 Å². The van der Waals surface area contributed by atoms with Crippen LogP contribution < -0.4 is 11.0 Å². The summed E-state index contributed by atoms with van der Waals surface area (Å²) in [6, 6.07) is 0. The average Bonchev–Trinajstić information content (AvgIpc) is 2.40. The van der Waals surface area contributed by atoms with Crippen molar-refractivity contribution in [1.29, 1.82) is 0 Å². The topological polar surface area (TPSA) is 66.9 Å². The number of aromatic amines is 1. The van der Waals surface area contributed by atoms with Crippen molar-refractivity contribution in [1.82, 2.24) is 14.9 Å². The number of H-pyrrole nitrogens is 1. The molecule has 0 radical (unpaired) electrons. The number of hydrogen-bond donors (Lipinski definition) is 2. The van der Waals surface area contributed by atoms with Crippen LogP contribution in [0.25, 0.3) is 0 Å². The number of aromatic nitrogens is 2. The van der Waals surface area contributed by atoms with Gasteiger partial charge in [-0.15, -0.1) is 0 Å². The molecule has 0 aliphatic carbocycles. The molecule has 0 atom stereocenters. The van der Waals surface area contributed by atoms with Gasteiger partial charge in [-0.25, -0.2) is 4.79 Å². The van der Waals surface area contributed by atoms with Crippen LogP contribution in [0.15, 0.2) is 4.79 Å². The van der Waals surface area contributed by atoms with E-state index in [4.69, 9.17) is 0 Å². The Bertz CT molecular complexity index is 403. The number of nitrogens with zero attached hydrogens (tertiary/aromatic N) is 1. The number of carbonyl (C=O) groups excluding carboxylic acids is 1. The summed E-state index contributed by atoms with van der Waals surface area (Å²) in [6.07, 6.45) is 0.339. The average molecular weight is 211 g/mol. The maximum absolute atomic E-state index is 11.4. The number of carbonyl (C=O) groups is 1. The lowest BCUT2D eigenvalue weighted by Gasteiger charge is -2.04. The Kier molecular flexibility index (Phi) is 3.71. The Labute approximate surface area is 88.5 Å². The molecule has 2 N–H and O–H groups in total. The molecule has 0 fully saturated rings. The van der Waals surface area contributed by atoms with Crippen molar-refractivity contribution in [2.24, 2.45) is 0 Å². The summed E-state index contributed by atoms with van der Waals surface area (Å²) < 4.78 is 1.59. The fourth-order valence-electron chi connectivity index (χ4n) is 1.44. The van der Waals surface area contributed by atoms with Crippen LogP contribution >= 0.6 is 0 Å². The number of aryl methyl sites for hydroxylation is 1. The van der Waals surface area contributed by atoms with Gasteiger partial charge in [-0.1, -0.05) is 0 Å². The van der Waals surface area contributed by atoms with Crippen molar-refractivity contribution in [2.45, 2.75) is 33.7 Å². The summed E-state index contributed by atoms with van der Waals surface area (Å²) in [4.78, 5) is 25.3. The lowest BCUT2D eigenvalue weighted by Crippen LogP contribution is -2.26. The summed E-state index contributed by atoms with van der Waals surface area (Å²) >= 11 is 0. The van der Waals surface area contributed by atoms with Crippen LogP contribution in [0.5, 0.6) is 0 Å². The fourth-order valence-corrected chi connectivity index (χ4v) is 1.44. The zero-order valence-corrected chi connectivity index (χ0v) is 9.39. The van der Waals surface area contributed by atoms with Gasteiger partial charge < -0.3 is 10.3 Å². The zero-order chi connectivity index (χ0) is 11.4. The molecule has 5 heteroatoms. The smallest absolute Gasteiger partial charge is 0.325 e. The minimum absolute atomic E-state index is 0.0253. The van der Waals surface area contributed by atoms with Crippen molar-refractivity contribution < 1.29 is 4.79 Å². The molecule has 0 unspecified atom stereocenters. The van der Waals surface area contributed by atoms with Gasteiger partial charge in [0.2, 0.25) is 5.91 Å². The highest BCUT2D eigenvalue weighted by Gasteiger charge is 2.07. The van der Waals surface area contributed by atoms with Crippen LogP contribution in [-0.2, 0) is 11.3 Å². The first-order valence-corrected chi connectivity index (χ1v) is 5.09. The molecular formula is C10H17N3O2. The number of nitrogens with one attached hydrogen (secondary N) is 2. The second-order valence-corrected chi connectivity index (χ2v) is 3.50. The second kappa shape index (κ2) is 4.82. The van der Waals surface area contributed by atoms with Gasteiger partial charge in [0.1, 0.15) is 0 Å². The van der Waals surface area contributed by atoms with E-state index in [2.05, 4.69) is 10.3 Å². The highest BCUT2D eigenvalue weighted by Crippen LogP contribution is 2.00. The predicted molar refractivity (Wildman–Crippen MR) is 57.8 cm³/mol. The molecule has 0 spiro atoms. The van der Waals surface area contributed by atoms with Gasteiger partial charge in [-0.2, -0.15) is 0 Å². The lowest BCUT2D eigenvalue weighted by atomic mass is 10.3. The molecule has 0 bridgehead atoms. The van der Waals surface area contributed by atoms with E-state index in [1.807, 2.05) is 20.8 Å². The SMILES string of the molecule is CCNC(=O)CCn1c(C)c(C)[nH]c1=O. The molecule has 0 saturated carbocycles. The van der Waals surface area contributed by atoms with Crippen LogP contribution in [0.4, 0.5) is 0 Å². The Balaban J connectivity index is 2.65. The first kappa shape index (κ1) is 11.6. The molecule has 1 aromatic rings. The standard InChI is InChI=1S/C10H17N3O2/c1-4-11-9(14)5-6-13-8(3)7(2)12-10(13)15/h4-6H2,1-3H3,(H,11,14)(H,12,15). The van der Waals surface area contributed by atoms with Gasteiger partial charge >= 0.3 is 5.69 Å². The number of hydrogen-bond acceptors (Lipinski definition) is 2. The summed E-state index contributed by atoms with van der Waals surface area (Å²) in [5, 5.41) is 2.70. The van der Waals surface area contributed by atoms with E-state index in [0.29, 0.717) is 19.5 Å². The van der Waals surface area contributed by atoms with Crippen LogP contribution in [0, 0.1) is 13.8 Å². The minimum Gasteiger partial charge on any atom is -0.356 e. The Morgan fingerprint density at radius 2 is 2.13 bits per heavy atom. The molecule has 0 aromatic carbocycles. The molecule has 1 rings (SSSR count). The maximum atomic E-state index is 11.4. The van der Waals surface area contributed by atoms with Crippen molar-refractivity contribution >= 4 is 5.91 Å². The van der Waals surface area contributed by atoms with E-state index >= 15 is 0 Å². The lowest BCUT2D eigenvalue weighted by molar-refractivity contribution is -0.121. The summed E-state index contributed by atoms with van der Waals surface area (Å²) in [5.41, 5.74) is 1.61. The van der Waals surface area contributed by atoms with Crippen molar-refractivity contribution in [2.75, 3.05) is 6.54 Å². The third-order valence-corrected chi connectivity index (χ3v) is 2.42. The van der Waals surface area contributed by atoms with E-state index < -0.39 is 0 Å². The highest BCUT2D eigenvalue weighted by atomic mass is 16.2. The molecule has 0 saturated heterocycles. The monoisotopic (exact) mass is 211 g/mol. The van der Waals surface area contributed by atoms with E-state index in [1.165, 1.54) is 0 Å². The van der Waals surface area contributed by atoms with Crippen molar-refractivity contribution in [3.05, 3.63) is 21.9 Å². The van der Waals surface area contributed by atoms with E-state index in [-0.39, 0.29) is 11.6 Å². The van der Waals surface area contributed by atoms with E-state index in [9.17, 15) is 9.59 Å². The van der Waals surface area contributed by atoms with Crippen LogP contribution in [-0.4, -0.2) is 22.0 Å². The number of amides is 1. The number of imidazole rings is 1. The molecule has 1 amide bonds. The Morgan fingerprint density at radius 3 is 2.60 bits per heavy atom. The van der Waals surface area contributed by atoms with Gasteiger partial charge in [-0.3, -0.25) is 9.36 Å². The van der Waals surface area contributed by atoms with Crippen LogP contribution in [0.1, 0.15) is 24.7 Å². The minimum atomic E-state index is -0.144. The molecule has 84 valence electrons. The van der Waals surface area contributed by atoms with Crippen LogP contribution in [0.3, 0.4) is 0 Å². The van der Waals surface area contributed by atoms with Gasteiger partial charge in [0, 0.05) is 30.9 Å². The summed E-state index contributed by atoms with van der Waals surface area (Å²) in [7, 11) is 0. The largest absolute Gasteiger partial charge is 0.356 e.